The van der Waals surface area contributed by atoms with E-state index in [-0.39, 0.29) is 0 Å². The maximum Gasteiger partial charge on any atom is 0.00104 e. The normalized spacial score (nSPS) is 24.9. The summed E-state index contributed by atoms with van der Waals surface area (Å²) in [5.41, 5.74) is 0. The Kier molecular flexibility index (Phi) is 4.66. The lowest BCUT2D eigenvalue weighted by Crippen LogP contribution is -2.41. The van der Waals surface area contributed by atoms with Crippen molar-refractivity contribution in [3.63, 3.8) is 0 Å². The molecule has 2 rings (SSSR count). The van der Waals surface area contributed by atoms with E-state index >= 15 is 0 Å². The lowest BCUT2D eigenvalue weighted by Gasteiger charge is -2.37. The average molecular weight is 224 g/mol. The fourth-order valence-corrected chi connectivity index (χ4v) is 2.82. The lowest BCUT2D eigenvalue weighted by molar-refractivity contribution is 0.130. The van der Waals surface area contributed by atoms with E-state index in [1.165, 1.54) is 58.3 Å². The van der Waals surface area contributed by atoms with Gasteiger partial charge < -0.3 is 10.2 Å². The third kappa shape index (κ3) is 3.74. The summed E-state index contributed by atoms with van der Waals surface area (Å²) >= 11 is 0. The van der Waals surface area contributed by atoms with Crippen LogP contribution in [0.3, 0.4) is 0 Å². The second kappa shape index (κ2) is 6.02. The van der Waals surface area contributed by atoms with E-state index < -0.39 is 0 Å². The minimum absolute atomic E-state index is 0.646. The second-order valence-electron chi connectivity index (χ2n) is 6.10. The Morgan fingerprint density at radius 2 is 1.75 bits per heavy atom. The molecule has 1 saturated carbocycles. The summed E-state index contributed by atoms with van der Waals surface area (Å²) in [6, 6.07) is 0.646. The van der Waals surface area contributed by atoms with Crippen LogP contribution in [0.25, 0.3) is 0 Å². The molecule has 2 fully saturated rings. The SMILES string of the molecule is CC(C)NCC1CCN(CC2CCC2)CC1. The Labute approximate surface area is 101 Å². The van der Waals surface area contributed by atoms with Crippen LogP contribution in [0.5, 0.6) is 0 Å². The minimum atomic E-state index is 0.646. The summed E-state index contributed by atoms with van der Waals surface area (Å²) < 4.78 is 0. The molecule has 16 heavy (non-hydrogen) atoms. The molecule has 0 unspecified atom stereocenters. The predicted molar refractivity (Wildman–Crippen MR) is 69.6 cm³/mol. The number of likely N-dealkylation sites (tertiary alicyclic amines) is 1. The minimum Gasteiger partial charge on any atom is -0.314 e. The fraction of sp³-hybridized carbons (Fsp3) is 1.00. The summed E-state index contributed by atoms with van der Waals surface area (Å²) in [7, 11) is 0. The van der Waals surface area contributed by atoms with Crippen molar-refractivity contribution >= 4 is 0 Å². The van der Waals surface area contributed by atoms with E-state index in [9.17, 15) is 0 Å². The number of piperidine rings is 1. The molecule has 2 heteroatoms. The molecule has 0 atom stereocenters. The number of hydrogen-bond donors (Lipinski definition) is 1. The zero-order valence-electron chi connectivity index (χ0n) is 11.0. The molecule has 2 aliphatic rings. The van der Waals surface area contributed by atoms with Crippen molar-refractivity contribution in [3.8, 4) is 0 Å². The van der Waals surface area contributed by atoms with Gasteiger partial charge in [0.15, 0.2) is 0 Å². The standard InChI is InChI=1S/C14H28N2/c1-12(2)15-10-13-6-8-16(9-7-13)11-14-4-3-5-14/h12-15H,3-11H2,1-2H3. The van der Waals surface area contributed by atoms with E-state index in [1.807, 2.05) is 0 Å². The van der Waals surface area contributed by atoms with Crippen LogP contribution < -0.4 is 5.32 Å². The molecule has 1 saturated heterocycles. The van der Waals surface area contributed by atoms with Crippen molar-refractivity contribution < 1.29 is 0 Å². The monoisotopic (exact) mass is 224 g/mol. The molecule has 0 spiro atoms. The maximum absolute atomic E-state index is 3.57. The van der Waals surface area contributed by atoms with Gasteiger partial charge in [-0.15, -0.1) is 0 Å². The molecule has 94 valence electrons. The van der Waals surface area contributed by atoms with Crippen LogP contribution in [-0.4, -0.2) is 37.1 Å². The van der Waals surface area contributed by atoms with Gasteiger partial charge in [-0.1, -0.05) is 20.3 Å². The zero-order chi connectivity index (χ0) is 11.4. The van der Waals surface area contributed by atoms with E-state index in [4.69, 9.17) is 0 Å². The fourth-order valence-electron chi connectivity index (χ4n) is 2.82. The Bertz CT molecular complexity index is 191. The van der Waals surface area contributed by atoms with Gasteiger partial charge in [-0.2, -0.15) is 0 Å². The molecular formula is C14H28N2. The lowest BCUT2D eigenvalue weighted by atomic mass is 9.84. The first-order chi connectivity index (χ1) is 7.74. The molecule has 1 aliphatic heterocycles. The number of nitrogens with zero attached hydrogens (tertiary/aromatic N) is 1. The highest BCUT2D eigenvalue weighted by molar-refractivity contribution is 4.79. The van der Waals surface area contributed by atoms with Gasteiger partial charge in [0.2, 0.25) is 0 Å². The molecule has 0 radical (unpaired) electrons. The Hall–Kier alpha value is -0.0800. The van der Waals surface area contributed by atoms with E-state index in [0.29, 0.717) is 6.04 Å². The van der Waals surface area contributed by atoms with Gasteiger partial charge in [-0.3, -0.25) is 0 Å². The van der Waals surface area contributed by atoms with Crippen LogP contribution >= 0.6 is 0 Å². The molecule has 0 amide bonds. The van der Waals surface area contributed by atoms with Crippen molar-refractivity contribution in [1.82, 2.24) is 10.2 Å². The zero-order valence-corrected chi connectivity index (χ0v) is 11.0. The quantitative estimate of drug-likeness (QED) is 0.772. The molecule has 0 aromatic heterocycles. The second-order valence-corrected chi connectivity index (χ2v) is 6.10. The summed E-state index contributed by atoms with van der Waals surface area (Å²) in [5.74, 6) is 1.98. The molecule has 0 bridgehead atoms. The molecule has 1 N–H and O–H groups in total. The highest BCUT2D eigenvalue weighted by Gasteiger charge is 2.24. The smallest absolute Gasteiger partial charge is 0.00104 e. The van der Waals surface area contributed by atoms with Gasteiger partial charge in [0.1, 0.15) is 0 Å². The van der Waals surface area contributed by atoms with E-state index in [0.717, 1.165) is 11.8 Å². The summed E-state index contributed by atoms with van der Waals surface area (Å²) in [4.78, 5) is 2.70. The largest absolute Gasteiger partial charge is 0.314 e. The van der Waals surface area contributed by atoms with Gasteiger partial charge in [0, 0.05) is 12.6 Å². The molecule has 1 aliphatic carbocycles. The van der Waals surface area contributed by atoms with Crippen LogP contribution in [-0.2, 0) is 0 Å². The molecule has 0 aromatic rings. The summed E-state index contributed by atoms with van der Waals surface area (Å²) in [5, 5.41) is 3.57. The van der Waals surface area contributed by atoms with Crippen molar-refractivity contribution in [2.45, 2.75) is 52.0 Å². The first-order valence-electron chi connectivity index (χ1n) is 7.20. The Morgan fingerprint density at radius 1 is 1.06 bits per heavy atom. The van der Waals surface area contributed by atoms with Gasteiger partial charge in [-0.25, -0.2) is 0 Å². The first kappa shape index (κ1) is 12.4. The molecule has 2 nitrogen and oxygen atoms in total. The first-order valence-corrected chi connectivity index (χ1v) is 7.20. The van der Waals surface area contributed by atoms with Crippen LogP contribution in [0.2, 0.25) is 0 Å². The van der Waals surface area contributed by atoms with Crippen molar-refractivity contribution in [2.75, 3.05) is 26.2 Å². The van der Waals surface area contributed by atoms with Crippen molar-refractivity contribution in [3.05, 3.63) is 0 Å². The Morgan fingerprint density at radius 3 is 2.25 bits per heavy atom. The third-order valence-corrected chi connectivity index (χ3v) is 4.26. The van der Waals surface area contributed by atoms with Gasteiger partial charge in [0.25, 0.3) is 0 Å². The Balaban J connectivity index is 1.58. The van der Waals surface area contributed by atoms with Gasteiger partial charge in [-0.05, 0) is 57.2 Å². The van der Waals surface area contributed by atoms with Crippen LogP contribution in [0.4, 0.5) is 0 Å². The highest BCUT2D eigenvalue weighted by Crippen LogP contribution is 2.28. The van der Waals surface area contributed by atoms with E-state index in [1.54, 1.807) is 0 Å². The highest BCUT2D eigenvalue weighted by atomic mass is 15.1. The molecule has 0 aromatic carbocycles. The maximum atomic E-state index is 3.57. The number of hydrogen-bond acceptors (Lipinski definition) is 2. The molecule has 1 heterocycles. The van der Waals surface area contributed by atoms with Crippen LogP contribution in [0.1, 0.15) is 46.0 Å². The predicted octanol–water partition coefficient (Wildman–Crippen LogP) is 2.50. The molecular weight excluding hydrogens is 196 g/mol. The summed E-state index contributed by atoms with van der Waals surface area (Å²) in [6.45, 7) is 9.80. The third-order valence-electron chi connectivity index (χ3n) is 4.26. The van der Waals surface area contributed by atoms with Crippen LogP contribution in [0.15, 0.2) is 0 Å². The van der Waals surface area contributed by atoms with E-state index in [2.05, 4.69) is 24.1 Å². The van der Waals surface area contributed by atoms with Crippen molar-refractivity contribution in [1.29, 1.82) is 0 Å². The van der Waals surface area contributed by atoms with Crippen molar-refractivity contribution in [2.24, 2.45) is 11.8 Å². The van der Waals surface area contributed by atoms with Gasteiger partial charge >= 0.3 is 0 Å². The van der Waals surface area contributed by atoms with Gasteiger partial charge in [0.05, 0.1) is 0 Å². The summed E-state index contributed by atoms with van der Waals surface area (Å²) in [6.07, 6.45) is 7.29. The van der Waals surface area contributed by atoms with Crippen LogP contribution in [0, 0.1) is 11.8 Å². The number of nitrogens with one attached hydrogen (secondary N) is 1. The topological polar surface area (TPSA) is 15.3 Å². The number of rotatable bonds is 5. The average Bonchev–Trinajstić information content (AvgIpc) is 2.22.